The first-order chi connectivity index (χ1) is 6.50. The molecule has 3 nitrogen and oxygen atoms in total. The highest BCUT2D eigenvalue weighted by atomic mass is 35.5. The smallest absolute Gasteiger partial charge is 0.308 e. The molecule has 5 heteroatoms. The van der Waals surface area contributed by atoms with Crippen molar-refractivity contribution in [1.82, 2.24) is 0 Å². The lowest BCUT2D eigenvalue weighted by atomic mass is 10.2. The van der Waals surface area contributed by atoms with Crippen LogP contribution in [0.25, 0.3) is 0 Å². The molecule has 0 aliphatic heterocycles. The maximum atomic E-state index is 13.1. The summed E-state index contributed by atoms with van der Waals surface area (Å²) >= 11 is 5.08. The molecular formula is C9H6ClFO3. The van der Waals surface area contributed by atoms with Crippen LogP contribution in [0.5, 0.6) is 5.75 Å². The van der Waals surface area contributed by atoms with Crippen LogP contribution < -0.4 is 4.74 Å². The van der Waals surface area contributed by atoms with Crippen LogP contribution in [-0.4, -0.2) is 11.2 Å². The minimum absolute atomic E-state index is 0.0386. The second kappa shape index (κ2) is 4.19. The molecule has 0 atom stereocenters. The van der Waals surface area contributed by atoms with Gasteiger partial charge in [0.15, 0.2) is 0 Å². The first-order valence-corrected chi connectivity index (χ1v) is 4.06. The fourth-order valence-corrected chi connectivity index (χ4v) is 1.04. The number of halogens is 2. The highest BCUT2D eigenvalue weighted by molar-refractivity contribution is 6.67. The van der Waals surface area contributed by atoms with E-state index in [4.69, 9.17) is 11.6 Å². The highest BCUT2D eigenvalue weighted by Gasteiger charge is 2.10. The van der Waals surface area contributed by atoms with Crippen molar-refractivity contribution in [2.75, 3.05) is 0 Å². The molecule has 0 bridgehead atoms. The lowest BCUT2D eigenvalue weighted by Gasteiger charge is -2.02. The van der Waals surface area contributed by atoms with Crippen LogP contribution in [0.15, 0.2) is 18.2 Å². The molecule has 0 radical (unpaired) electrons. The van der Waals surface area contributed by atoms with Crippen molar-refractivity contribution in [3.63, 3.8) is 0 Å². The van der Waals surface area contributed by atoms with E-state index in [1.54, 1.807) is 0 Å². The third-order valence-corrected chi connectivity index (χ3v) is 1.62. The summed E-state index contributed by atoms with van der Waals surface area (Å²) in [5.41, 5.74) is -0.248. The average Bonchev–Trinajstić information content (AvgIpc) is 2.01. The van der Waals surface area contributed by atoms with Crippen LogP contribution in [0.4, 0.5) is 4.39 Å². The van der Waals surface area contributed by atoms with Gasteiger partial charge in [-0.1, -0.05) is 0 Å². The third-order valence-electron chi connectivity index (χ3n) is 1.41. The lowest BCUT2D eigenvalue weighted by Crippen LogP contribution is -2.03. The van der Waals surface area contributed by atoms with Crippen LogP contribution >= 0.6 is 11.6 Å². The van der Waals surface area contributed by atoms with Crippen molar-refractivity contribution in [2.24, 2.45) is 0 Å². The minimum Gasteiger partial charge on any atom is -0.427 e. The fraction of sp³-hybridized carbons (Fsp3) is 0.111. The van der Waals surface area contributed by atoms with Crippen LogP contribution in [0, 0.1) is 5.82 Å². The number of rotatable bonds is 2. The van der Waals surface area contributed by atoms with E-state index < -0.39 is 17.0 Å². The molecule has 0 aromatic heterocycles. The Morgan fingerprint density at radius 1 is 1.43 bits per heavy atom. The number of ether oxygens (including phenoxy) is 1. The molecule has 1 aromatic carbocycles. The summed E-state index contributed by atoms with van der Waals surface area (Å²) < 4.78 is 17.7. The zero-order valence-corrected chi connectivity index (χ0v) is 7.97. The molecule has 0 saturated heterocycles. The Balaban J connectivity index is 3.00. The van der Waals surface area contributed by atoms with Gasteiger partial charge in [0, 0.05) is 13.0 Å². The molecular weight excluding hydrogens is 211 g/mol. The van der Waals surface area contributed by atoms with Gasteiger partial charge in [0.05, 0.1) is 5.56 Å². The molecule has 14 heavy (non-hydrogen) atoms. The summed E-state index contributed by atoms with van der Waals surface area (Å²) in [5, 5.41) is -0.892. The predicted molar refractivity (Wildman–Crippen MR) is 47.9 cm³/mol. The van der Waals surface area contributed by atoms with Gasteiger partial charge in [0.1, 0.15) is 11.6 Å². The van der Waals surface area contributed by atoms with Gasteiger partial charge in [0.2, 0.25) is 0 Å². The van der Waals surface area contributed by atoms with E-state index in [0.29, 0.717) is 0 Å². The first kappa shape index (κ1) is 10.7. The molecule has 0 fully saturated rings. The topological polar surface area (TPSA) is 43.4 Å². The quantitative estimate of drug-likeness (QED) is 0.432. The maximum absolute atomic E-state index is 13.1. The Morgan fingerprint density at radius 3 is 2.50 bits per heavy atom. The van der Waals surface area contributed by atoms with Gasteiger partial charge < -0.3 is 4.74 Å². The molecule has 0 N–H and O–H groups in total. The van der Waals surface area contributed by atoms with Gasteiger partial charge in [-0.2, -0.15) is 0 Å². The second-order valence-electron chi connectivity index (χ2n) is 2.51. The van der Waals surface area contributed by atoms with Crippen LogP contribution in [0.1, 0.15) is 17.3 Å². The zero-order valence-electron chi connectivity index (χ0n) is 7.21. The molecule has 0 heterocycles. The van der Waals surface area contributed by atoms with Crippen molar-refractivity contribution >= 4 is 22.8 Å². The van der Waals surface area contributed by atoms with E-state index >= 15 is 0 Å². The number of carbonyl (C=O) groups is 2. The molecule has 1 aromatic rings. The summed E-state index contributed by atoms with van der Waals surface area (Å²) in [7, 11) is 0. The average molecular weight is 217 g/mol. The van der Waals surface area contributed by atoms with E-state index in [9.17, 15) is 14.0 Å². The summed E-state index contributed by atoms with van der Waals surface area (Å²) in [4.78, 5) is 21.1. The maximum Gasteiger partial charge on any atom is 0.308 e. The second-order valence-corrected chi connectivity index (χ2v) is 2.85. The summed E-state index contributed by atoms with van der Waals surface area (Å²) in [6, 6.07) is 3.38. The van der Waals surface area contributed by atoms with Gasteiger partial charge in [-0.3, -0.25) is 9.59 Å². The van der Waals surface area contributed by atoms with E-state index in [1.807, 2.05) is 0 Å². The first-order valence-electron chi connectivity index (χ1n) is 3.68. The molecule has 74 valence electrons. The van der Waals surface area contributed by atoms with Crippen LogP contribution in [-0.2, 0) is 4.79 Å². The van der Waals surface area contributed by atoms with E-state index in [1.165, 1.54) is 13.0 Å². The monoisotopic (exact) mass is 216 g/mol. The van der Waals surface area contributed by atoms with Crippen molar-refractivity contribution < 1.29 is 18.7 Å². The van der Waals surface area contributed by atoms with Gasteiger partial charge in [-0.15, -0.1) is 0 Å². The lowest BCUT2D eigenvalue weighted by molar-refractivity contribution is -0.131. The van der Waals surface area contributed by atoms with Crippen molar-refractivity contribution in [1.29, 1.82) is 0 Å². The Morgan fingerprint density at radius 2 is 2.07 bits per heavy atom. The zero-order chi connectivity index (χ0) is 10.7. The molecule has 0 aliphatic rings. The van der Waals surface area contributed by atoms with Gasteiger partial charge in [-0.25, -0.2) is 4.39 Å². The summed E-state index contributed by atoms with van der Waals surface area (Å²) in [6.07, 6.45) is 0. The molecule has 0 spiro atoms. The predicted octanol–water partition coefficient (Wildman–Crippen LogP) is 2.13. The van der Waals surface area contributed by atoms with Crippen LogP contribution in [0.2, 0.25) is 0 Å². The molecule has 0 unspecified atom stereocenters. The van der Waals surface area contributed by atoms with Gasteiger partial charge in [0.25, 0.3) is 5.24 Å². The highest BCUT2D eigenvalue weighted by Crippen LogP contribution is 2.18. The third kappa shape index (κ3) is 2.53. The minimum atomic E-state index is -0.892. The standard InChI is InChI=1S/C9H6ClFO3/c1-5(12)14-6-2-3-7(9(10)13)8(11)4-6/h2-4H,1H3. The SMILES string of the molecule is CC(=O)Oc1ccc(C(=O)Cl)c(F)c1. The van der Waals surface area contributed by atoms with Gasteiger partial charge >= 0.3 is 5.97 Å². The number of hydrogen-bond acceptors (Lipinski definition) is 3. The van der Waals surface area contributed by atoms with Crippen molar-refractivity contribution in [3.8, 4) is 5.75 Å². The van der Waals surface area contributed by atoms with Crippen LogP contribution in [0.3, 0.4) is 0 Å². The molecule has 0 aliphatic carbocycles. The van der Waals surface area contributed by atoms with E-state index in [2.05, 4.69) is 4.74 Å². The Hall–Kier alpha value is -1.42. The van der Waals surface area contributed by atoms with Crippen molar-refractivity contribution in [2.45, 2.75) is 6.92 Å². The molecule has 0 amide bonds. The van der Waals surface area contributed by atoms with Gasteiger partial charge in [-0.05, 0) is 23.7 Å². The Kier molecular flexibility index (Phi) is 3.19. The number of carbonyl (C=O) groups excluding carboxylic acids is 2. The normalized spacial score (nSPS) is 9.64. The van der Waals surface area contributed by atoms with E-state index in [-0.39, 0.29) is 11.3 Å². The molecule has 0 saturated carbocycles. The van der Waals surface area contributed by atoms with Crippen molar-refractivity contribution in [3.05, 3.63) is 29.6 Å². The number of benzene rings is 1. The number of esters is 1. The molecule has 1 rings (SSSR count). The largest absolute Gasteiger partial charge is 0.427 e. The Bertz CT molecular complexity index is 390. The Labute approximate surface area is 84.4 Å². The van der Waals surface area contributed by atoms with E-state index in [0.717, 1.165) is 12.1 Å². The summed E-state index contributed by atoms with van der Waals surface area (Å²) in [5.74, 6) is -1.34. The fourth-order valence-electron chi connectivity index (χ4n) is 0.885. The summed E-state index contributed by atoms with van der Waals surface area (Å²) in [6.45, 7) is 1.19. The number of hydrogen-bond donors (Lipinski definition) is 0.